The fraction of sp³-hybridized carbons (Fsp3) is 0.133. The number of halogens is 3. The molecule has 2 aromatic carbocycles. The maximum Gasteiger partial charge on any atom is 0.167 e. The van der Waals surface area contributed by atoms with Crippen LogP contribution < -0.4 is 4.74 Å². The molecule has 5 heteroatoms. The third-order valence-corrected chi connectivity index (χ3v) is 2.65. The zero-order chi connectivity index (χ0) is 14.5. The normalized spacial score (nSPS) is 10.3. The minimum Gasteiger partial charge on any atom is -0.490 e. The molecule has 0 amide bonds. The fourth-order valence-electron chi connectivity index (χ4n) is 1.63. The van der Waals surface area contributed by atoms with Crippen LogP contribution in [0.4, 0.5) is 13.2 Å². The third-order valence-electron chi connectivity index (χ3n) is 2.65. The topological polar surface area (TPSA) is 26.3 Å². The van der Waals surface area contributed by atoms with Crippen LogP contribution in [0.2, 0.25) is 0 Å². The van der Waals surface area contributed by atoms with Gasteiger partial charge in [-0.05, 0) is 36.4 Å². The van der Waals surface area contributed by atoms with Gasteiger partial charge >= 0.3 is 0 Å². The van der Waals surface area contributed by atoms with Crippen LogP contribution in [0.25, 0.3) is 0 Å². The Morgan fingerprint density at radius 2 is 1.60 bits per heavy atom. The summed E-state index contributed by atoms with van der Waals surface area (Å²) < 4.78 is 43.7. The van der Waals surface area contributed by atoms with Crippen LogP contribution in [0.3, 0.4) is 0 Å². The van der Waals surface area contributed by atoms with E-state index in [9.17, 15) is 18.0 Å². The van der Waals surface area contributed by atoms with Gasteiger partial charge in [-0.3, -0.25) is 4.79 Å². The summed E-state index contributed by atoms with van der Waals surface area (Å²) in [6.45, 7) is -0.0429. The van der Waals surface area contributed by atoms with Crippen LogP contribution in [0.5, 0.6) is 5.75 Å². The Morgan fingerprint density at radius 1 is 0.950 bits per heavy atom. The summed E-state index contributed by atoms with van der Waals surface area (Å²) in [5, 5.41) is 0. The quantitative estimate of drug-likeness (QED) is 0.780. The average Bonchev–Trinajstić information content (AvgIpc) is 2.42. The van der Waals surface area contributed by atoms with Crippen molar-refractivity contribution in [3.05, 3.63) is 65.5 Å². The molecule has 0 unspecified atom stereocenters. The predicted molar refractivity (Wildman–Crippen MR) is 67.2 cm³/mol. The van der Waals surface area contributed by atoms with E-state index in [1.54, 1.807) is 0 Å². The lowest BCUT2D eigenvalue weighted by Gasteiger charge is -2.06. The van der Waals surface area contributed by atoms with E-state index in [2.05, 4.69) is 0 Å². The molecule has 0 aromatic heterocycles. The van der Waals surface area contributed by atoms with Gasteiger partial charge in [-0.25, -0.2) is 13.2 Å². The van der Waals surface area contributed by atoms with Gasteiger partial charge in [0, 0.05) is 18.1 Å². The van der Waals surface area contributed by atoms with Crippen LogP contribution in [-0.4, -0.2) is 12.4 Å². The molecule has 2 rings (SSSR count). The molecule has 104 valence electrons. The Labute approximate surface area is 113 Å². The van der Waals surface area contributed by atoms with Crippen molar-refractivity contribution in [3.8, 4) is 5.75 Å². The minimum atomic E-state index is -0.820. The number of Topliss-reactive ketones (excluding diaryl/α,β-unsaturated/α-hetero) is 1. The first-order valence-electron chi connectivity index (χ1n) is 5.93. The Balaban J connectivity index is 1.89. The molecule has 0 bridgehead atoms. The number of ketones is 1. The zero-order valence-corrected chi connectivity index (χ0v) is 10.4. The number of hydrogen-bond acceptors (Lipinski definition) is 2. The first-order valence-corrected chi connectivity index (χ1v) is 5.93. The van der Waals surface area contributed by atoms with Crippen molar-refractivity contribution < 1.29 is 22.7 Å². The predicted octanol–water partition coefficient (Wildman–Crippen LogP) is 3.76. The highest BCUT2D eigenvalue weighted by atomic mass is 19.1. The van der Waals surface area contributed by atoms with Crippen LogP contribution in [0.1, 0.15) is 16.8 Å². The van der Waals surface area contributed by atoms with Crippen molar-refractivity contribution in [2.75, 3.05) is 6.61 Å². The van der Waals surface area contributed by atoms with Gasteiger partial charge in [0.05, 0.1) is 6.61 Å². The summed E-state index contributed by atoms with van der Waals surface area (Å²) in [5.41, 5.74) is 0.356. The molecule has 0 saturated carbocycles. The minimum absolute atomic E-state index is 0.0163. The van der Waals surface area contributed by atoms with Crippen molar-refractivity contribution in [2.24, 2.45) is 0 Å². The molecule has 0 N–H and O–H groups in total. The van der Waals surface area contributed by atoms with E-state index in [-0.39, 0.29) is 24.6 Å². The number of carbonyl (C=O) groups excluding carboxylic acids is 1. The zero-order valence-electron chi connectivity index (χ0n) is 10.4. The molecule has 20 heavy (non-hydrogen) atoms. The lowest BCUT2D eigenvalue weighted by molar-refractivity contribution is 0.0961. The summed E-state index contributed by atoms with van der Waals surface area (Å²) >= 11 is 0. The summed E-state index contributed by atoms with van der Waals surface area (Å²) in [6.07, 6.45) is 0.0163. The van der Waals surface area contributed by atoms with E-state index in [4.69, 9.17) is 4.74 Å². The summed E-state index contributed by atoms with van der Waals surface area (Å²) in [5.74, 6) is -2.30. The molecule has 2 aromatic rings. The second kappa shape index (κ2) is 6.23. The van der Waals surface area contributed by atoms with Gasteiger partial charge in [0.25, 0.3) is 0 Å². The molecule has 0 radical (unpaired) electrons. The fourth-order valence-corrected chi connectivity index (χ4v) is 1.63. The Morgan fingerprint density at radius 3 is 2.25 bits per heavy atom. The average molecular weight is 280 g/mol. The first kappa shape index (κ1) is 14.1. The molecule has 0 saturated heterocycles. The number of carbonyl (C=O) groups is 1. The Kier molecular flexibility index (Phi) is 4.40. The van der Waals surface area contributed by atoms with E-state index in [0.717, 1.165) is 12.1 Å². The van der Waals surface area contributed by atoms with E-state index in [1.165, 1.54) is 24.3 Å². The molecule has 0 atom stereocenters. The SMILES string of the molecule is O=C(CCOc1ccc(F)cc1F)c1ccc(F)cc1. The molecule has 0 aliphatic heterocycles. The van der Waals surface area contributed by atoms with E-state index in [0.29, 0.717) is 11.6 Å². The van der Waals surface area contributed by atoms with E-state index < -0.39 is 17.5 Å². The summed E-state index contributed by atoms with van der Waals surface area (Å²) in [6, 6.07) is 8.05. The highest BCUT2D eigenvalue weighted by molar-refractivity contribution is 5.96. The molecule has 2 nitrogen and oxygen atoms in total. The standard InChI is InChI=1S/C15H11F3O2/c16-11-3-1-10(2-4-11)14(19)7-8-20-15-6-5-12(17)9-13(15)18/h1-6,9H,7-8H2. The van der Waals surface area contributed by atoms with Crippen molar-refractivity contribution in [1.82, 2.24) is 0 Å². The molecule has 0 aliphatic carbocycles. The van der Waals surface area contributed by atoms with Gasteiger partial charge in [-0.15, -0.1) is 0 Å². The number of hydrogen-bond donors (Lipinski definition) is 0. The second-order valence-electron chi connectivity index (χ2n) is 4.10. The maximum atomic E-state index is 13.3. The summed E-state index contributed by atoms with van der Waals surface area (Å²) in [7, 11) is 0. The van der Waals surface area contributed by atoms with Crippen molar-refractivity contribution in [2.45, 2.75) is 6.42 Å². The van der Waals surface area contributed by atoms with Gasteiger partial charge in [0.1, 0.15) is 11.6 Å². The second-order valence-corrected chi connectivity index (χ2v) is 4.10. The largest absolute Gasteiger partial charge is 0.490 e. The van der Waals surface area contributed by atoms with Crippen LogP contribution in [0, 0.1) is 17.5 Å². The first-order chi connectivity index (χ1) is 9.56. The molecule has 0 heterocycles. The molecule has 0 fully saturated rings. The maximum absolute atomic E-state index is 13.3. The lowest BCUT2D eigenvalue weighted by Crippen LogP contribution is -2.07. The van der Waals surface area contributed by atoms with E-state index >= 15 is 0 Å². The van der Waals surface area contributed by atoms with Crippen molar-refractivity contribution >= 4 is 5.78 Å². The molecular formula is C15H11F3O2. The van der Waals surface area contributed by atoms with Gasteiger partial charge in [-0.2, -0.15) is 0 Å². The molecular weight excluding hydrogens is 269 g/mol. The van der Waals surface area contributed by atoms with Gasteiger partial charge in [0.15, 0.2) is 17.3 Å². The Bertz CT molecular complexity index is 609. The highest BCUT2D eigenvalue weighted by Gasteiger charge is 2.08. The summed E-state index contributed by atoms with van der Waals surface area (Å²) in [4.78, 5) is 11.7. The lowest BCUT2D eigenvalue weighted by atomic mass is 10.1. The van der Waals surface area contributed by atoms with Crippen LogP contribution in [-0.2, 0) is 0 Å². The van der Waals surface area contributed by atoms with Crippen LogP contribution >= 0.6 is 0 Å². The molecule has 0 aliphatic rings. The van der Waals surface area contributed by atoms with Gasteiger partial charge < -0.3 is 4.74 Å². The Hall–Kier alpha value is -2.30. The van der Waals surface area contributed by atoms with Gasteiger partial charge in [0.2, 0.25) is 0 Å². The smallest absolute Gasteiger partial charge is 0.167 e. The third kappa shape index (κ3) is 3.60. The highest BCUT2D eigenvalue weighted by Crippen LogP contribution is 2.18. The van der Waals surface area contributed by atoms with Crippen molar-refractivity contribution in [3.63, 3.8) is 0 Å². The number of rotatable bonds is 5. The van der Waals surface area contributed by atoms with E-state index in [1.807, 2.05) is 0 Å². The number of benzene rings is 2. The van der Waals surface area contributed by atoms with Gasteiger partial charge in [-0.1, -0.05) is 0 Å². The number of ether oxygens (including phenoxy) is 1. The molecule has 0 spiro atoms. The van der Waals surface area contributed by atoms with Crippen molar-refractivity contribution in [1.29, 1.82) is 0 Å². The monoisotopic (exact) mass is 280 g/mol. The van der Waals surface area contributed by atoms with Crippen LogP contribution in [0.15, 0.2) is 42.5 Å².